The van der Waals surface area contributed by atoms with Crippen molar-refractivity contribution in [2.24, 2.45) is 10.9 Å². The van der Waals surface area contributed by atoms with Gasteiger partial charge in [0.15, 0.2) is 5.84 Å². The molecule has 0 radical (unpaired) electrons. The van der Waals surface area contributed by atoms with Crippen molar-refractivity contribution < 1.29 is 9.94 Å². The third kappa shape index (κ3) is 3.60. The van der Waals surface area contributed by atoms with E-state index in [2.05, 4.69) is 23.9 Å². The SMILES string of the molecule is CC(C)N(CC(N)=NO)CC1CCC2(CCCC2)O1. The molecule has 0 amide bonds. The zero-order chi connectivity index (χ0) is 13.9. The van der Waals surface area contributed by atoms with Crippen LogP contribution >= 0.6 is 0 Å². The molecule has 3 N–H and O–H groups in total. The Labute approximate surface area is 115 Å². The summed E-state index contributed by atoms with van der Waals surface area (Å²) in [6, 6.07) is 0.365. The summed E-state index contributed by atoms with van der Waals surface area (Å²) in [4.78, 5) is 2.22. The van der Waals surface area contributed by atoms with E-state index in [1.165, 1.54) is 32.1 Å². The van der Waals surface area contributed by atoms with Crippen LogP contribution < -0.4 is 5.73 Å². The Balaban J connectivity index is 1.88. The molecule has 1 heterocycles. The van der Waals surface area contributed by atoms with Gasteiger partial charge >= 0.3 is 0 Å². The van der Waals surface area contributed by atoms with E-state index in [1.54, 1.807) is 0 Å². The van der Waals surface area contributed by atoms with Crippen molar-refractivity contribution in [1.29, 1.82) is 0 Å². The van der Waals surface area contributed by atoms with Crippen molar-refractivity contribution in [2.45, 2.75) is 70.1 Å². The maximum absolute atomic E-state index is 8.70. The molecule has 1 aliphatic carbocycles. The van der Waals surface area contributed by atoms with Crippen LogP contribution in [0.4, 0.5) is 0 Å². The number of rotatable bonds is 5. The van der Waals surface area contributed by atoms with E-state index in [0.717, 1.165) is 13.0 Å². The standard InChI is InChI=1S/C14H27N3O2/c1-11(2)17(10-13(15)16-18)9-12-5-8-14(19-12)6-3-4-7-14/h11-12,18H,3-10H2,1-2H3,(H2,15,16). The van der Waals surface area contributed by atoms with Crippen LogP contribution in [0, 0.1) is 0 Å². The number of ether oxygens (including phenoxy) is 1. The Hall–Kier alpha value is -0.810. The maximum atomic E-state index is 8.70. The van der Waals surface area contributed by atoms with Gasteiger partial charge in [-0.05, 0) is 39.5 Å². The molecular formula is C14H27N3O2. The fourth-order valence-corrected chi connectivity index (χ4v) is 3.37. The quantitative estimate of drug-likeness (QED) is 0.346. The summed E-state index contributed by atoms with van der Waals surface area (Å²) in [5.41, 5.74) is 5.80. The zero-order valence-corrected chi connectivity index (χ0v) is 12.1. The third-order valence-corrected chi connectivity index (χ3v) is 4.52. The summed E-state index contributed by atoms with van der Waals surface area (Å²) in [6.45, 7) is 5.63. The van der Waals surface area contributed by atoms with Gasteiger partial charge in [-0.25, -0.2) is 0 Å². The summed E-state index contributed by atoms with van der Waals surface area (Å²) >= 11 is 0. The molecule has 1 aliphatic heterocycles. The highest BCUT2D eigenvalue weighted by molar-refractivity contribution is 5.81. The van der Waals surface area contributed by atoms with Gasteiger partial charge in [-0.3, -0.25) is 4.90 Å². The molecule has 0 aromatic heterocycles. The van der Waals surface area contributed by atoms with Crippen LogP contribution in [0.15, 0.2) is 5.16 Å². The lowest BCUT2D eigenvalue weighted by Crippen LogP contribution is -2.43. The first-order valence-electron chi connectivity index (χ1n) is 7.43. The van der Waals surface area contributed by atoms with E-state index in [4.69, 9.17) is 15.7 Å². The second-order valence-electron chi connectivity index (χ2n) is 6.28. The van der Waals surface area contributed by atoms with Crippen molar-refractivity contribution in [1.82, 2.24) is 4.90 Å². The predicted octanol–water partition coefficient (Wildman–Crippen LogP) is 1.93. The molecule has 110 valence electrons. The Kier molecular flexibility index (Phi) is 4.68. The number of hydrogen-bond donors (Lipinski definition) is 2. The highest BCUT2D eigenvalue weighted by Crippen LogP contribution is 2.43. The van der Waals surface area contributed by atoms with Crippen LogP contribution in [0.5, 0.6) is 0 Å². The van der Waals surface area contributed by atoms with Gasteiger partial charge in [-0.15, -0.1) is 0 Å². The van der Waals surface area contributed by atoms with E-state index in [0.29, 0.717) is 18.7 Å². The Morgan fingerprint density at radius 3 is 2.68 bits per heavy atom. The molecular weight excluding hydrogens is 242 g/mol. The first-order valence-corrected chi connectivity index (χ1v) is 7.43. The zero-order valence-electron chi connectivity index (χ0n) is 12.1. The molecule has 5 nitrogen and oxygen atoms in total. The number of nitrogens with zero attached hydrogens (tertiary/aromatic N) is 2. The molecule has 1 saturated carbocycles. The summed E-state index contributed by atoms with van der Waals surface area (Å²) in [5, 5.41) is 11.8. The topological polar surface area (TPSA) is 71.1 Å². The summed E-state index contributed by atoms with van der Waals surface area (Å²) in [6.07, 6.45) is 7.71. The lowest BCUT2D eigenvalue weighted by molar-refractivity contribution is -0.0485. The largest absolute Gasteiger partial charge is 0.409 e. The van der Waals surface area contributed by atoms with E-state index >= 15 is 0 Å². The van der Waals surface area contributed by atoms with E-state index < -0.39 is 0 Å². The van der Waals surface area contributed by atoms with Gasteiger partial charge in [0.25, 0.3) is 0 Å². The van der Waals surface area contributed by atoms with Crippen LogP contribution in [-0.2, 0) is 4.74 Å². The molecule has 5 heteroatoms. The molecule has 1 spiro atoms. The average molecular weight is 269 g/mol. The summed E-state index contributed by atoms with van der Waals surface area (Å²) in [5.74, 6) is 0.266. The molecule has 19 heavy (non-hydrogen) atoms. The number of nitrogens with two attached hydrogens (primary N) is 1. The number of hydrogen-bond acceptors (Lipinski definition) is 4. The Bertz CT molecular complexity index is 325. The van der Waals surface area contributed by atoms with Gasteiger partial charge in [0.2, 0.25) is 0 Å². The highest BCUT2D eigenvalue weighted by Gasteiger charge is 2.42. The molecule has 2 aliphatic rings. The van der Waals surface area contributed by atoms with Gasteiger partial charge in [0, 0.05) is 12.6 Å². The van der Waals surface area contributed by atoms with Crippen molar-refractivity contribution in [3.05, 3.63) is 0 Å². The maximum Gasteiger partial charge on any atom is 0.153 e. The number of amidine groups is 1. The number of oxime groups is 1. The molecule has 0 aromatic carbocycles. The molecule has 0 aromatic rings. The average Bonchev–Trinajstić information content (AvgIpc) is 2.99. The van der Waals surface area contributed by atoms with Gasteiger partial charge < -0.3 is 15.7 Å². The van der Waals surface area contributed by atoms with Gasteiger partial charge in [-0.2, -0.15) is 0 Å². The van der Waals surface area contributed by atoms with Crippen LogP contribution in [0.25, 0.3) is 0 Å². The molecule has 1 atom stereocenters. The smallest absolute Gasteiger partial charge is 0.153 e. The van der Waals surface area contributed by atoms with Gasteiger partial charge in [-0.1, -0.05) is 18.0 Å². The summed E-state index contributed by atoms with van der Waals surface area (Å²) in [7, 11) is 0. The van der Waals surface area contributed by atoms with Gasteiger partial charge in [0.1, 0.15) is 0 Å². The minimum Gasteiger partial charge on any atom is -0.409 e. The molecule has 2 rings (SSSR count). The minimum atomic E-state index is 0.184. The second-order valence-corrected chi connectivity index (χ2v) is 6.28. The Morgan fingerprint density at radius 2 is 2.11 bits per heavy atom. The molecule has 1 saturated heterocycles. The van der Waals surface area contributed by atoms with E-state index in [-0.39, 0.29) is 11.4 Å². The van der Waals surface area contributed by atoms with Crippen molar-refractivity contribution in [3.8, 4) is 0 Å². The monoisotopic (exact) mass is 269 g/mol. The predicted molar refractivity (Wildman–Crippen MR) is 75.4 cm³/mol. The second kappa shape index (κ2) is 6.09. The summed E-state index contributed by atoms with van der Waals surface area (Å²) < 4.78 is 6.32. The lowest BCUT2D eigenvalue weighted by Gasteiger charge is -2.30. The highest BCUT2D eigenvalue weighted by atomic mass is 16.5. The normalized spacial score (nSPS) is 26.9. The van der Waals surface area contributed by atoms with Crippen molar-refractivity contribution in [3.63, 3.8) is 0 Å². The molecule has 1 unspecified atom stereocenters. The molecule has 0 bridgehead atoms. The van der Waals surface area contributed by atoms with Crippen molar-refractivity contribution >= 4 is 5.84 Å². The van der Waals surface area contributed by atoms with Crippen LogP contribution in [-0.4, -0.2) is 46.8 Å². The van der Waals surface area contributed by atoms with E-state index in [9.17, 15) is 0 Å². The minimum absolute atomic E-state index is 0.184. The Morgan fingerprint density at radius 1 is 1.42 bits per heavy atom. The first-order chi connectivity index (χ1) is 9.04. The van der Waals surface area contributed by atoms with Crippen LogP contribution in [0.1, 0.15) is 52.4 Å². The fourth-order valence-electron chi connectivity index (χ4n) is 3.37. The first kappa shape index (κ1) is 14.6. The molecule has 2 fully saturated rings. The lowest BCUT2D eigenvalue weighted by atomic mass is 9.98. The van der Waals surface area contributed by atoms with Gasteiger partial charge in [0.05, 0.1) is 18.2 Å². The van der Waals surface area contributed by atoms with E-state index in [1.807, 2.05) is 0 Å². The van der Waals surface area contributed by atoms with Crippen LogP contribution in [0.2, 0.25) is 0 Å². The van der Waals surface area contributed by atoms with Crippen LogP contribution in [0.3, 0.4) is 0 Å². The fraction of sp³-hybridized carbons (Fsp3) is 0.929. The third-order valence-electron chi connectivity index (χ3n) is 4.52. The van der Waals surface area contributed by atoms with Crippen molar-refractivity contribution in [2.75, 3.05) is 13.1 Å².